The van der Waals surface area contributed by atoms with Crippen molar-refractivity contribution in [2.24, 2.45) is 10.7 Å². The summed E-state index contributed by atoms with van der Waals surface area (Å²) in [5, 5.41) is 11.4. The molecule has 0 unspecified atom stereocenters. The van der Waals surface area contributed by atoms with E-state index >= 15 is 0 Å². The summed E-state index contributed by atoms with van der Waals surface area (Å²) in [4.78, 5) is 23.6. The number of aliphatic hydroxyl groups is 1. The maximum Gasteiger partial charge on any atom is 0.183 e. The van der Waals surface area contributed by atoms with Gasteiger partial charge in [0.05, 0.1) is 25.0 Å². The van der Waals surface area contributed by atoms with Crippen molar-refractivity contribution in [2.75, 3.05) is 18.5 Å². The van der Waals surface area contributed by atoms with Gasteiger partial charge >= 0.3 is 0 Å². The van der Waals surface area contributed by atoms with Crippen molar-refractivity contribution < 1.29 is 18.7 Å². The van der Waals surface area contributed by atoms with Crippen LogP contribution in [0.4, 0.5) is 14.6 Å². The average Bonchev–Trinajstić information content (AvgIpc) is 2.65. The molecule has 2 aromatic rings. The number of aliphatic imine (C=N–C) groups is 1. The molecule has 4 N–H and O–H groups in total. The summed E-state index contributed by atoms with van der Waals surface area (Å²) in [6.45, 7) is 1.14. The zero-order valence-corrected chi connectivity index (χ0v) is 14.6. The quantitative estimate of drug-likeness (QED) is 0.605. The van der Waals surface area contributed by atoms with E-state index < -0.39 is 11.6 Å². The summed E-state index contributed by atoms with van der Waals surface area (Å²) in [6.07, 6.45) is 2.18. The molecule has 0 spiro atoms. The Balaban J connectivity index is 2.28. The molecule has 9 heteroatoms. The Morgan fingerprint density at radius 1 is 1.33 bits per heavy atom. The minimum atomic E-state index is -0.708. The van der Waals surface area contributed by atoms with Crippen molar-refractivity contribution in [1.82, 2.24) is 9.97 Å². The number of aliphatic hydroxyl groups excluding tert-OH is 1. The van der Waals surface area contributed by atoms with Gasteiger partial charge in [0.15, 0.2) is 23.2 Å². The van der Waals surface area contributed by atoms with Gasteiger partial charge in [-0.25, -0.2) is 18.7 Å². The molecule has 2 rings (SSSR count). The Kier molecular flexibility index (Phi) is 7.07. The molecule has 1 aromatic carbocycles. The second-order valence-electron chi connectivity index (χ2n) is 5.49. The van der Waals surface area contributed by atoms with Crippen LogP contribution in [-0.2, 0) is 11.3 Å². The number of Topliss-reactive ketones (excluding diaryl/α,β-unsaturated/α-hetero) is 1. The average molecular weight is 375 g/mol. The molecule has 0 aliphatic heterocycles. The summed E-state index contributed by atoms with van der Waals surface area (Å²) in [5.41, 5.74) is 6.24. The van der Waals surface area contributed by atoms with Crippen molar-refractivity contribution in [2.45, 2.75) is 13.5 Å². The lowest BCUT2D eigenvalue weighted by molar-refractivity contribution is -0.111. The Morgan fingerprint density at radius 2 is 2.07 bits per heavy atom. The van der Waals surface area contributed by atoms with Crippen LogP contribution < -0.4 is 11.1 Å². The van der Waals surface area contributed by atoms with Gasteiger partial charge in [0.2, 0.25) is 0 Å². The number of halogens is 2. The lowest BCUT2D eigenvalue weighted by Crippen LogP contribution is -2.14. The fourth-order valence-electron chi connectivity index (χ4n) is 2.07. The number of nitrogens with two attached hydrogens (primary N) is 1. The molecule has 0 saturated heterocycles. The van der Waals surface area contributed by atoms with Gasteiger partial charge in [-0.15, -0.1) is 0 Å². The van der Waals surface area contributed by atoms with Crippen molar-refractivity contribution in [3.8, 4) is 0 Å². The SMILES string of the molecule is CC(=O)C(C=C(N)c1ncc(F)c(NCCO)n1)=NCc1ccccc1F. The molecule has 27 heavy (non-hydrogen) atoms. The molecule has 1 aromatic heterocycles. The zero-order valence-electron chi connectivity index (χ0n) is 14.6. The van der Waals surface area contributed by atoms with Crippen LogP contribution >= 0.6 is 0 Å². The number of nitrogens with one attached hydrogen (secondary N) is 1. The Bertz CT molecular complexity index is 884. The largest absolute Gasteiger partial charge is 0.396 e. The second-order valence-corrected chi connectivity index (χ2v) is 5.49. The lowest BCUT2D eigenvalue weighted by Gasteiger charge is -2.07. The minimum Gasteiger partial charge on any atom is -0.396 e. The van der Waals surface area contributed by atoms with Crippen LogP contribution in [-0.4, -0.2) is 39.7 Å². The van der Waals surface area contributed by atoms with Crippen LogP contribution in [0.3, 0.4) is 0 Å². The topological polar surface area (TPSA) is 113 Å². The van der Waals surface area contributed by atoms with Crippen molar-refractivity contribution in [3.63, 3.8) is 0 Å². The molecule has 0 fully saturated rings. The van der Waals surface area contributed by atoms with E-state index in [1.165, 1.54) is 19.1 Å². The second kappa shape index (κ2) is 9.48. The highest BCUT2D eigenvalue weighted by molar-refractivity contribution is 6.44. The van der Waals surface area contributed by atoms with Gasteiger partial charge in [-0.05, 0) is 12.1 Å². The van der Waals surface area contributed by atoms with Crippen LogP contribution in [0.1, 0.15) is 18.3 Å². The molecule has 0 aliphatic rings. The molecule has 142 valence electrons. The third kappa shape index (κ3) is 5.65. The number of carbonyl (C=O) groups excluding carboxylic acids is 1. The molecular formula is C18H19F2N5O2. The molecule has 0 aliphatic carbocycles. The molecule has 0 saturated carbocycles. The fraction of sp³-hybridized carbons (Fsp3) is 0.222. The number of hydrogen-bond acceptors (Lipinski definition) is 7. The lowest BCUT2D eigenvalue weighted by atomic mass is 10.2. The number of ketones is 1. The van der Waals surface area contributed by atoms with Crippen molar-refractivity contribution in [3.05, 3.63) is 59.6 Å². The zero-order chi connectivity index (χ0) is 19.8. The van der Waals surface area contributed by atoms with Crippen molar-refractivity contribution >= 4 is 23.0 Å². The smallest absolute Gasteiger partial charge is 0.183 e. The van der Waals surface area contributed by atoms with Crippen LogP contribution in [0.5, 0.6) is 0 Å². The highest BCUT2D eigenvalue weighted by atomic mass is 19.1. The van der Waals surface area contributed by atoms with Gasteiger partial charge in [-0.3, -0.25) is 9.79 Å². The number of anilines is 1. The van der Waals surface area contributed by atoms with Crippen LogP contribution in [0, 0.1) is 11.6 Å². The maximum atomic E-state index is 13.7. The standard InChI is InChI=1S/C18H19F2N5O2/c1-11(27)16(23-9-12-4-2-3-5-13(12)19)8-15(21)18-24-10-14(20)17(25-18)22-6-7-26/h2-5,8,10,26H,6-7,9,21H2,1H3,(H,22,24,25). The summed E-state index contributed by atoms with van der Waals surface area (Å²) in [6, 6.07) is 6.08. The van der Waals surface area contributed by atoms with E-state index in [0.29, 0.717) is 5.56 Å². The van der Waals surface area contributed by atoms with E-state index in [2.05, 4.69) is 20.3 Å². The first-order valence-electron chi connectivity index (χ1n) is 8.06. The van der Waals surface area contributed by atoms with Crippen LogP contribution in [0.15, 0.2) is 41.5 Å². The summed E-state index contributed by atoms with van der Waals surface area (Å²) in [5.74, 6) is -1.66. The van der Waals surface area contributed by atoms with E-state index in [1.54, 1.807) is 18.2 Å². The minimum absolute atomic E-state index is 0.00791. The monoisotopic (exact) mass is 375 g/mol. The predicted octanol–water partition coefficient (Wildman–Crippen LogP) is 1.69. The van der Waals surface area contributed by atoms with E-state index in [-0.39, 0.29) is 48.5 Å². The van der Waals surface area contributed by atoms with E-state index in [1.807, 2.05) is 0 Å². The summed E-state index contributed by atoms with van der Waals surface area (Å²) >= 11 is 0. The molecule has 0 amide bonds. The third-order valence-electron chi connectivity index (χ3n) is 3.44. The van der Waals surface area contributed by atoms with Gasteiger partial charge in [-0.2, -0.15) is 0 Å². The number of benzene rings is 1. The number of nitrogens with zero attached hydrogens (tertiary/aromatic N) is 3. The molecule has 7 nitrogen and oxygen atoms in total. The number of rotatable bonds is 8. The van der Waals surface area contributed by atoms with Gasteiger partial charge in [-0.1, -0.05) is 18.2 Å². The van der Waals surface area contributed by atoms with Crippen LogP contribution in [0.2, 0.25) is 0 Å². The Morgan fingerprint density at radius 3 is 2.74 bits per heavy atom. The first kappa shape index (κ1) is 20.1. The van der Waals surface area contributed by atoms with Crippen LogP contribution in [0.25, 0.3) is 5.70 Å². The number of aromatic nitrogens is 2. The third-order valence-corrected chi connectivity index (χ3v) is 3.44. The fourth-order valence-corrected chi connectivity index (χ4v) is 2.07. The molecule has 0 atom stereocenters. The predicted molar refractivity (Wildman–Crippen MR) is 97.9 cm³/mol. The first-order valence-corrected chi connectivity index (χ1v) is 8.06. The van der Waals surface area contributed by atoms with Gasteiger partial charge in [0.25, 0.3) is 0 Å². The van der Waals surface area contributed by atoms with E-state index in [4.69, 9.17) is 10.8 Å². The highest BCUT2D eigenvalue weighted by Crippen LogP contribution is 2.13. The normalized spacial score (nSPS) is 12.1. The summed E-state index contributed by atoms with van der Waals surface area (Å²) < 4.78 is 27.3. The Hall–Kier alpha value is -3.20. The molecule has 0 radical (unpaired) electrons. The Labute approximate surface area is 154 Å². The highest BCUT2D eigenvalue weighted by Gasteiger charge is 2.11. The van der Waals surface area contributed by atoms with E-state index in [9.17, 15) is 13.6 Å². The molecule has 0 bridgehead atoms. The molecule has 1 heterocycles. The molecular weight excluding hydrogens is 356 g/mol. The van der Waals surface area contributed by atoms with Gasteiger partial charge < -0.3 is 16.2 Å². The number of allylic oxidation sites excluding steroid dienone is 1. The van der Waals surface area contributed by atoms with Crippen molar-refractivity contribution in [1.29, 1.82) is 0 Å². The first-order chi connectivity index (χ1) is 12.9. The number of carbonyl (C=O) groups is 1. The van der Waals surface area contributed by atoms with Gasteiger partial charge in [0, 0.05) is 19.0 Å². The van der Waals surface area contributed by atoms with E-state index in [0.717, 1.165) is 6.20 Å². The maximum absolute atomic E-state index is 13.7. The summed E-state index contributed by atoms with van der Waals surface area (Å²) in [7, 11) is 0. The number of hydrogen-bond donors (Lipinski definition) is 3. The van der Waals surface area contributed by atoms with Gasteiger partial charge in [0.1, 0.15) is 11.5 Å².